The van der Waals surface area contributed by atoms with E-state index < -0.39 is 0 Å². The van der Waals surface area contributed by atoms with Gasteiger partial charge in [0.25, 0.3) is 0 Å². The van der Waals surface area contributed by atoms with Crippen LogP contribution in [0.2, 0.25) is 0 Å². The van der Waals surface area contributed by atoms with E-state index in [0.717, 1.165) is 58.5 Å². The first-order valence-corrected chi connectivity index (χ1v) is 10.0. The Balaban J connectivity index is 1.27. The maximum Gasteiger partial charge on any atom is 0.226 e. The van der Waals surface area contributed by atoms with Gasteiger partial charge in [-0.3, -0.25) is 9.59 Å². The van der Waals surface area contributed by atoms with Crippen molar-refractivity contribution >= 4 is 11.8 Å². The molecule has 1 unspecified atom stereocenters. The summed E-state index contributed by atoms with van der Waals surface area (Å²) in [6, 6.07) is 0. The molecule has 0 bridgehead atoms. The second kappa shape index (κ2) is 6.23. The highest BCUT2D eigenvalue weighted by atomic mass is 16.5. The molecule has 25 heavy (non-hydrogen) atoms. The first-order chi connectivity index (χ1) is 12.2. The Bertz CT molecular complexity index is 552. The second-order valence-corrected chi connectivity index (χ2v) is 8.46. The molecule has 4 aliphatic heterocycles. The zero-order valence-electron chi connectivity index (χ0n) is 14.8. The summed E-state index contributed by atoms with van der Waals surface area (Å²) < 4.78 is 11.4. The molecule has 1 aliphatic carbocycles. The van der Waals surface area contributed by atoms with E-state index >= 15 is 0 Å². The summed E-state index contributed by atoms with van der Waals surface area (Å²) in [7, 11) is 0. The fourth-order valence-electron chi connectivity index (χ4n) is 5.61. The van der Waals surface area contributed by atoms with Crippen LogP contribution in [0.5, 0.6) is 0 Å². The lowest BCUT2D eigenvalue weighted by atomic mass is 9.78. The largest absolute Gasteiger partial charge is 0.381 e. The number of rotatable bonds is 2. The molecule has 6 heteroatoms. The van der Waals surface area contributed by atoms with Gasteiger partial charge < -0.3 is 19.3 Å². The topological polar surface area (TPSA) is 59.1 Å². The molecular formula is C19H28N2O4. The summed E-state index contributed by atoms with van der Waals surface area (Å²) in [6.45, 7) is 5.47. The van der Waals surface area contributed by atoms with Gasteiger partial charge in [0.2, 0.25) is 11.8 Å². The SMILES string of the molecule is O=C(C1[C@H]2COC[C@@H]12)N1CC[C@H]2OCC[C@@H](C(=O)N3CCCC3)[C@@H]2C1. The molecule has 4 saturated heterocycles. The second-order valence-electron chi connectivity index (χ2n) is 8.46. The number of amides is 2. The van der Waals surface area contributed by atoms with Crippen molar-refractivity contribution in [3.05, 3.63) is 0 Å². The fraction of sp³-hybridized carbons (Fsp3) is 0.895. The van der Waals surface area contributed by atoms with Gasteiger partial charge in [-0.1, -0.05) is 0 Å². The number of fused-ring (bicyclic) bond motifs is 2. The molecule has 0 aromatic rings. The van der Waals surface area contributed by atoms with Crippen LogP contribution in [0, 0.1) is 29.6 Å². The minimum atomic E-state index is 0.0366. The molecule has 0 radical (unpaired) electrons. The van der Waals surface area contributed by atoms with E-state index in [0.29, 0.717) is 36.8 Å². The zero-order valence-corrected chi connectivity index (χ0v) is 14.8. The van der Waals surface area contributed by atoms with Crippen molar-refractivity contribution in [3.8, 4) is 0 Å². The van der Waals surface area contributed by atoms with Crippen LogP contribution in [0.25, 0.3) is 0 Å². The zero-order chi connectivity index (χ0) is 17.0. The molecule has 4 heterocycles. The van der Waals surface area contributed by atoms with Crippen LogP contribution in [-0.2, 0) is 19.1 Å². The van der Waals surface area contributed by atoms with Crippen molar-refractivity contribution in [1.29, 1.82) is 0 Å². The van der Waals surface area contributed by atoms with E-state index in [2.05, 4.69) is 0 Å². The van der Waals surface area contributed by atoms with Gasteiger partial charge in [0.05, 0.1) is 19.3 Å². The smallest absolute Gasteiger partial charge is 0.226 e. The Morgan fingerprint density at radius 2 is 1.60 bits per heavy atom. The summed E-state index contributed by atoms with van der Waals surface area (Å²) in [5, 5.41) is 0. The average Bonchev–Trinajstić information content (AvgIpc) is 3.06. The third kappa shape index (κ3) is 2.69. The molecule has 1 saturated carbocycles. The standard InChI is InChI=1S/C19H28N2O4/c22-18(20-5-1-2-6-20)12-4-8-25-16-3-7-21(9-13(12)16)19(23)17-14-10-24-11-15(14)17/h12-17H,1-11H2/t12-,13+,14-,15+,16-,17?/m1/s1. The highest BCUT2D eigenvalue weighted by molar-refractivity contribution is 5.83. The lowest BCUT2D eigenvalue weighted by Gasteiger charge is -2.45. The summed E-state index contributed by atoms with van der Waals surface area (Å²) in [5.41, 5.74) is 0. The first kappa shape index (κ1) is 16.1. The third-order valence-corrected chi connectivity index (χ3v) is 7.15. The number of nitrogens with zero attached hydrogens (tertiary/aromatic N) is 2. The molecule has 6 nitrogen and oxygen atoms in total. The van der Waals surface area contributed by atoms with Crippen LogP contribution in [0.3, 0.4) is 0 Å². The van der Waals surface area contributed by atoms with Crippen LogP contribution in [0.1, 0.15) is 25.7 Å². The molecule has 2 amide bonds. The molecule has 5 rings (SSSR count). The fourth-order valence-corrected chi connectivity index (χ4v) is 5.61. The lowest BCUT2D eigenvalue weighted by molar-refractivity contribution is -0.156. The van der Waals surface area contributed by atoms with Crippen molar-refractivity contribution in [2.24, 2.45) is 29.6 Å². The Hall–Kier alpha value is -1.14. The maximum absolute atomic E-state index is 13.0. The average molecular weight is 348 g/mol. The van der Waals surface area contributed by atoms with Gasteiger partial charge >= 0.3 is 0 Å². The number of ether oxygens (including phenoxy) is 2. The molecule has 5 aliphatic rings. The quantitative estimate of drug-likeness (QED) is 0.739. The van der Waals surface area contributed by atoms with Gasteiger partial charge in [-0.25, -0.2) is 0 Å². The predicted octanol–water partition coefficient (Wildman–Crippen LogP) is 0.755. The first-order valence-electron chi connectivity index (χ1n) is 10.0. The van der Waals surface area contributed by atoms with Crippen LogP contribution < -0.4 is 0 Å². The van der Waals surface area contributed by atoms with Gasteiger partial charge in [-0.15, -0.1) is 0 Å². The summed E-state index contributed by atoms with van der Waals surface area (Å²) >= 11 is 0. The summed E-state index contributed by atoms with van der Waals surface area (Å²) in [5.74, 6) is 1.91. The lowest BCUT2D eigenvalue weighted by Crippen LogP contribution is -2.55. The van der Waals surface area contributed by atoms with E-state index in [1.54, 1.807) is 0 Å². The molecule has 0 aromatic heterocycles. The minimum absolute atomic E-state index is 0.0366. The molecule has 138 valence electrons. The number of hydrogen-bond acceptors (Lipinski definition) is 4. The minimum Gasteiger partial charge on any atom is -0.381 e. The molecule has 0 N–H and O–H groups in total. The van der Waals surface area contributed by atoms with E-state index in [-0.39, 0.29) is 23.9 Å². The van der Waals surface area contributed by atoms with Crippen molar-refractivity contribution in [3.63, 3.8) is 0 Å². The highest BCUT2D eigenvalue weighted by Crippen LogP contribution is 2.52. The Labute approximate surface area is 148 Å². The number of carbonyl (C=O) groups is 2. The van der Waals surface area contributed by atoms with Gasteiger partial charge in [-0.2, -0.15) is 0 Å². The third-order valence-electron chi connectivity index (χ3n) is 7.15. The van der Waals surface area contributed by atoms with Crippen LogP contribution in [-0.4, -0.2) is 73.7 Å². The van der Waals surface area contributed by atoms with Crippen LogP contribution in [0.4, 0.5) is 0 Å². The van der Waals surface area contributed by atoms with Crippen molar-refractivity contribution in [1.82, 2.24) is 9.80 Å². The van der Waals surface area contributed by atoms with Crippen LogP contribution in [0.15, 0.2) is 0 Å². The van der Waals surface area contributed by atoms with E-state index in [9.17, 15) is 9.59 Å². The Morgan fingerprint density at radius 3 is 2.36 bits per heavy atom. The summed E-state index contributed by atoms with van der Waals surface area (Å²) in [6.07, 6.45) is 4.08. The molecule has 0 aromatic carbocycles. The van der Waals surface area contributed by atoms with Gasteiger partial charge in [0.1, 0.15) is 0 Å². The number of carbonyl (C=O) groups excluding carboxylic acids is 2. The Kier molecular flexibility index (Phi) is 4.01. The van der Waals surface area contributed by atoms with Crippen molar-refractivity contribution in [2.75, 3.05) is 46.0 Å². The van der Waals surface area contributed by atoms with E-state index in [4.69, 9.17) is 9.47 Å². The molecular weight excluding hydrogens is 320 g/mol. The Morgan fingerprint density at radius 1 is 0.840 bits per heavy atom. The van der Waals surface area contributed by atoms with Gasteiger partial charge in [-0.05, 0) is 37.5 Å². The van der Waals surface area contributed by atoms with Crippen LogP contribution >= 0.6 is 0 Å². The van der Waals surface area contributed by atoms with Gasteiger partial charge in [0.15, 0.2) is 0 Å². The number of piperidine rings is 1. The van der Waals surface area contributed by atoms with E-state index in [1.807, 2.05) is 9.80 Å². The molecule has 6 atom stereocenters. The van der Waals surface area contributed by atoms with Crippen molar-refractivity contribution in [2.45, 2.75) is 31.8 Å². The normalized spacial score (nSPS) is 42.9. The molecule has 0 spiro atoms. The summed E-state index contributed by atoms with van der Waals surface area (Å²) in [4.78, 5) is 30.0. The molecule has 5 fully saturated rings. The number of likely N-dealkylation sites (tertiary alicyclic amines) is 2. The highest BCUT2D eigenvalue weighted by Gasteiger charge is 2.59. The number of hydrogen-bond donors (Lipinski definition) is 0. The monoisotopic (exact) mass is 348 g/mol. The van der Waals surface area contributed by atoms with E-state index in [1.165, 1.54) is 0 Å². The van der Waals surface area contributed by atoms with Gasteiger partial charge in [0, 0.05) is 50.5 Å². The predicted molar refractivity (Wildman–Crippen MR) is 89.6 cm³/mol. The van der Waals surface area contributed by atoms with Crippen molar-refractivity contribution < 1.29 is 19.1 Å². The maximum atomic E-state index is 13.0.